The van der Waals surface area contributed by atoms with Crippen LogP contribution in [0.1, 0.15) is 17.5 Å². The lowest BCUT2D eigenvalue weighted by Crippen LogP contribution is -2.38. The molecule has 2 aromatic carbocycles. The van der Waals surface area contributed by atoms with Crippen molar-refractivity contribution in [3.63, 3.8) is 0 Å². The number of aliphatic hydroxyl groups is 1. The predicted molar refractivity (Wildman–Crippen MR) is 95.2 cm³/mol. The molecule has 4 rings (SSSR count). The van der Waals surface area contributed by atoms with Crippen molar-refractivity contribution in [3.05, 3.63) is 53.6 Å². The second kappa shape index (κ2) is 7.33. The Balaban J connectivity index is 1.28. The molecule has 0 spiro atoms. The van der Waals surface area contributed by atoms with Crippen LogP contribution in [0.25, 0.3) is 0 Å². The molecule has 2 aromatic rings. The molecule has 1 atom stereocenters. The molecule has 0 saturated heterocycles. The first-order chi connectivity index (χ1) is 12.3. The van der Waals surface area contributed by atoms with Crippen LogP contribution in [0, 0.1) is 0 Å². The largest absolute Gasteiger partial charge is 0.454 e. The molecule has 5 heteroatoms. The highest BCUT2D eigenvalue weighted by atomic mass is 16.7. The van der Waals surface area contributed by atoms with Gasteiger partial charge in [-0.2, -0.15) is 0 Å². The van der Waals surface area contributed by atoms with E-state index in [0.29, 0.717) is 19.8 Å². The van der Waals surface area contributed by atoms with Gasteiger partial charge in [-0.1, -0.05) is 24.3 Å². The molecule has 2 heterocycles. The monoisotopic (exact) mass is 341 g/mol. The van der Waals surface area contributed by atoms with Gasteiger partial charge in [-0.25, -0.2) is 0 Å². The van der Waals surface area contributed by atoms with E-state index in [0.717, 1.165) is 36.4 Å². The average Bonchev–Trinajstić information content (AvgIpc) is 3.10. The van der Waals surface area contributed by atoms with Crippen molar-refractivity contribution < 1.29 is 19.3 Å². The van der Waals surface area contributed by atoms with Gasteiger partial charge >= 0.3 is 0 Å². The molecule has 0 saturated carbocycles. The van der Waals surface area contributed by atoms with Gasteiger partial charge in [0.15, 0.2) is 11.5 Å². The van der Waals surface area contributed by atoms with Crippen molar-refractivity contribution >= 4 is 5.69 Å². The fourth-order valence-corrected chi connectivity index (χ4v) is 3.45. The number of rotatable bonds is 6. The third-order valence-electron chi connectivity index (χ3n) is 4.65. The van der Waals surface area contributed by atoms with Gasteiger partial charge in [0.05, 0.1) is 19.3 Å². The summed E-state index contributed by atoms with van der Waals surface area (Å²) < 4.78 is 16.4. The number of hydrogen-bond donors (Lipinski definition) is 1. The lowest BCUT2D eigenvalue weighted by atomic mass is 10.0. The number of anilines is 1. The topological polar surface area (TPSA) is 51.2 Å². The van der Waals surface area contributed by atoms with Gasteiger partial charge in [-0.3, -0.25) is 0 Å². The van der Waals surface area contributed by atoms with Gasteiger partial charge < -0.3 is 24.2 Å². The smallest absolute Gasteiger partial charge is 0.231 e. The second-order valence-electron chi connectivity index (χ2n) is 6.53. The first-order valence-electron chi connectivity index (χ1n) is 8.77. The van der Waals surface area contributed by atoms with E-state index >= 15 is 0 Å². The summed E-state index contributed by atoms with van der Waals surface area (Å²) in [7, 11) is 0. The third-order valence-corrected chi connectivity index (χ3v) is 4.65. The van der Waals surface area contributed by atoms with E-state index in [1.807, 2.05) is 18.2 Å². The van der Waals surface area contributed by atoms with Gasteiger partial charge in [0.1, 0.15) is 0 Å². The van der Waals surface area contributed by atoms with Crippen molar-refractivity contribution in [1.29, 1.82) is 0 Å². The predicted octanol–water partition coefficient (Wildman–Crippen LogP) is 2.75. The molecule has 5 nitrogen and oxygen atoms in total. The number of aliphatic hydroxyl groups excluding tert-OH is 1. The first-order valence-corrected chi connectivity index (χ1v) is 8.77. The zero-order valence-electron chi connectivity index (χ0n) is 14.2. The molecule has 0 bridgehead atoms. The molecule has 0 fully saturated rings. The molecule has 0 aromatic heterocycles. The van der Waals surface area contributed by atoms with Crippen LogP contribution in [0.2, 0.25) is 0 Å². The number of β-amino-alcohol motifs (C(OH)–C–C–N with tert-alkyl or cyclic N) is 1. The van der Waals surface area contributed by atoms with Crippen LogP contribution in [0.5, 0.6) is 11.5 Å². The van der Waals surface area contributed by atoms with E-state index < -0.39 is 6.10 Å². The van der Waals surface area contributed by atoms with Gasteiger partial charge in [0, 0.05) is 18.8 Å². The Morgan fingerprint density at radius 2 is 2.00 bits per heavy atom. The zero-order valence-corrected chi connectivity index (χ0v) is 14.2. The maximum atomic E-state index is 10.3. The Morgan fingerprint density at radius 1 is 1.12 bits per heavy atom. The molecule has 1 N–H and O–H groups in total. The van der Waals surface area contributed by atoms with E-state index in [2.05, 4.69) is 29.2 Å². The van der Waals surface area contributed by atoms with Gasteiger partial charge in [-0.05, 0) is 42.2 Å². The summed E-state index contributed by atoms with van der Waals surface area (Å²) >= 11 is 0. The van der Waals surface area contributed by atoms with E-state index in [-0.39, 0.29) is 6.79 Å². The highest BCUT2D eigenvalue weighted by Crippen LogP contribution is 2.32. The van der Waals surface area contributed by atoms with Crippen LogP contribution in [-0.4, -0.2) is 37.7 Å². The molecule has 0 radical (unpaired) electrons. The summed E-state index contributed by atoms with van der Waals surface area (Å²) in [5, 5.41) is 10.3. The second-order valence-corrected chi connectivity index (χ2v) is 6.53. The fourth-order valence-electron chi connectivity index (χ4n) is 3.45. The molecule has 2 aliphatic rings. The summed E-state index contributed by atoms with van der Waals surface area (Å²) in [4.78, 5) is 2.26. The first kappa shape index (κ1) is 16.2. The van der Waals surface area contributed by atoms with Crippen LogP contribution in [0.3, 0.4) is 0 Å². The molecule has 0 aliphatic carbocycles. The summed E-state index contributed by atoms with van der Waals surface area (Å²) in [5.41, 5.74) is 3.62. The highest BCUT2D eigenvalue weighted by molar-refractivity contribution is 5.55. The maximum Gasteiger partial charge on any atom is 0.231 e. The number of para-hydroxylation sites is 1. The Morgan fingerprint density at radius 3 is 2.96 bits per heavy atom. The fraction of sp³-hybridized carbons (Fsp3) is 0.400. The van der Waals surface area contributed by atoms with Crippen molar-refractivity contribution in [2.45, 2.75) is 25.6 Å². The van der Waals surface area contributed by atoms with Crippen molar-refractivity contribution in [1.82, 2.24) is 0 Å². The van der Waals surface area contributed by atoms with Crippen LogP contribution < -0.4 is 14.4 Å². The molecule has 25 heavy (non-hydrogen) atoms. The standard InChI is InChI=1S/C20H23NO4/c22-17(11-21-9-3-5-16-4-1-2-6-18(16)21)13-23-12-15-7-8-19-20(10-15)25-14-24-19/h1-2,4,6-8,10,17,22H,3,5,9,11-14H2/t17-/m0/s1. The van der Waals surface area contributed by atoms with E-state index in [9.17, 15) is 5.11 Å². The number of hydrogen-bond acceptors (Lipinski definition) is 5. The lowest BCUT2D eigenvalue weighted by molar-refractivity contribution is 0.0318. The lowest BCUT2D eigenvalue weighted by Gasteiger charge is -2.32. The minimum absolute atomic E-state index is 0.273. The molecule has 132 valence electrons. The van der Waals surface area contributed by atoms with E-state index in [4.69, 9.17) is 14.2 Å². The van der Waals surface area contributed by atoms with E-state index in [1.165, 1.54) is 11.3 Å². The zero-order chi connectivity index (χ0) is 17.1. The van der Waals surface area contributed by atoms with Gasteiger partial charge in [0.2, 0.25) is 6.79 Å². The van der Waals surface area contributed by atoms with Crippen LogP contribution >= 0.6 is 0 Å². The number of ether oxygens (including phenoxy) is 3. The van der Waals surface area contributed by atoms with Crippen LogP contribution in [-0.2, 0) is 17.8 Å². The Kier molecular flexibility index (Phi) is 4.76. The van der Waals surface area contributed by atoms with Gasteiger partial charge in [-0.15, -0.1) is 0 Å². The number of fused-ring (bicyclic) bond motifs is 2. The summed E-state index contributed by atoms with van der Waals surface area (Å²) in [6.07, 6.45) is 1.73. The van der Waals surface area contributed by atoms with Crippen molar-refractivity contribution in [2.24, 2.45) is 0 Å². The van der Waals surface area contributed by atoms with E-state index in [1.54, 1.807) is 0 Å². The van der Waals surface area contributed by atoms with Crippen molar-refractivity contribution in [3.8, 4) is 11.5 Å². The Bertz CT molecular complexity index is 733. The van der Waals surface area contributed by atoms with Crippen LogP contribution in [0.15, 0.2) is 42.5 Å². The highest BCUT2D eigenvalue weighted by Gasteiger charge is 2.19. The SMILES string of the molecule is O[C@H](COCc1ccc2c(c1)OCO2)CN1CCCc2ccccc21. The number of nitrogens with zero attached hydrogens (tertiary/aromatic N) is 1. The summed E-state index contributed by atoms with van der Waals surface area (Å²) in [6, 6.07) is 14.2. The molecular formula is C20H23NO4. The molecular weight excluding hydrogens is 318 g/mol. The molecule has 2 aliphatic heterocycles. The summed E-state index contributed by atoms with van der Waals surface area (Å²) in [6.45, 7) is 2.61. The third kappa shape index (κ3) is 3.72. The Hall–Kier alpha value is -2.24. The number of benzene rings is 2. The summed E-state index contributed by atoms with van der Waals surface area (Å²) in [5.74, 6) is 1.53. The minimum atomic E-state index is -0.514. The van der Waals surface area contributed by atoms with Gasteiger partial charge in [0.25, 0.3) is 0 Å². The average molecular weight is 341 g/mol. The van der Waals surface area contributed by atoms with Crippen LogP contribution in [0.4, 0.5) is 5.69 Å². The Labute approximate surface area is 147 Å². The quantitative estimate of drug-likeness (QED) is 0.876. The van der Waals surface area contributed by atoms with Crippen molar-refractivity contribution in [2.75, 3.05) is 31.4 Å². The molecule has 0 amide bonds. The number of aryl methyl sites for hydroxylation is 1. The molecule has 0 unspecified atom stereocenters. The normalized spacial score (nSPS) is 16.6. The minimum Gasteiger partial charge on any atom is -0.454 e. The maximum absolute atomic E-state index is 10.3.